The lowest BCUT2D eigenvalue weighted by Gasteiger charge is -2.27. The van der Waals surface area contributed by atoms with E-state index in [2.05, 4.69) is 22.9 Å². The number of piperidine rings is 1. The summed E-state index contributed by atoms with van der Waals surface area (Å²) in [5, 5.41) is 0. The van der Waals surface area contributed by atoms with E-state index in [0.29, 0.717) is 12.0 Å². The van der Waals surface area contributed by atoms with Crippen LogP contribution in [-0.4, -0.2) is 38.6 Å². The van der Waals surface area contributed by atoms with Gasteiger partial charge in [0, 0.05) is 24.0 Å². The molecule has 0 spiro atoms. The summed E-state index contributed by atoms with van der Waals surface area (Å²) < 4.78 is 29.6. The molecule has 1 saturated heterocycles. The lowest BCUT2D eigenvalue weighted by Crippen LogP contribution is -2.36. The molecule has 1 amide bonds. The number of aryl methyl sites for hydroxylation is 2. The molecule has 1 heterocycles. The predicted molar refractivity (Wildman–Crippen MR) is 134 cm³/mol. The van der Waals surface area contributed by atoms with Crippen LogP contribution in [0.3, 0.4) is 0 Å². The van der Waals surface area contributed by atoms with Crippen LogP contribution in [0, 0.1) is 0 Å². The van der Waals surface area contributed by atoms with Gasteiger partial charge < -0.3 is 4.90 Å². The minimum Gasteiger partial charge on any atom is -0.339 e. The molecule has 5 nitrogen and oxygen atoms in total. The van der Waals surface area contributed by atoms with Gasteiger partial charge in [-0.25, -0.2) is 13.1 Å². The van der Waals surface area contributed by atoms with Crippen LogP contribution >= 0.6 is 11.8 Å². The molecule has 2 aliphatic rings. The Balaban J connectivity index is 1.60. The third-order valence-corrected chi connectivity index (χ3v) is 9.10. The first-order chi connectivity index (χ1) is 15.9. The highest BCUT2D eigenvalue weighted by Crippen LogP contribution is 2.29. The second-order valence-electron chi connectivity index (χ2n) is 9.03. The van der Waals surface area contributed by atoms with Gasteiger partial charge in [0.15, 0.2) is 0 Å². The summed E-state index contributed by atoms with van der Waals surface area (Å²) >= 11 is 1.47. The van der Waals surface area contributed by atoms with E-state index in [1.165, 1.54) is 35.7 Å². The molecule has 0 radical (unpaired) electrons. The molecule has 0 unspecified atom stereocenters. The molecule has 178 valence electrons. The minimum atomic E-state index is -3.78. The van der Waals surface area contributed by atoms with Gasteiger partial charge in [0.25, 0.3) is 5.91 Å². The number of benzene rings is 2. The van der Waals surface area contributed by atoms with E-state index in [0.717, 1.165) is 55.7 Å². The molecule has 1 atom stereocenters. The lowest BCUT2D eigenvalue weighted by atomic mass is 9.89. The molecule has 0 saturated carbocycles. The molecule has 33 heavy (non-hydrogen) atoms. The second kappa shape index (κ2) is 10.6. The third kappa shape index (κ3) is 5.47. The number of hydrogen-bond acceptors (Lipinski definition) is 4. The van der Waals surface area contributed by atoms with E-state index >= 15 is 0 Å². The van der Waals surface area contributed by atoms with Crippen LogP contribution < -0.4 is 4.72 Å². The fourth-order valence-corrected chi connectivity index (χ4v) is 6.81. The first-order valence-corrected chi connectivity index (χ1v) is 14.7. The molecule has 1 fully saturated rings. The standard InChI is InChI=1S/C26H34N2O3S2/c1-3-24(21-12-11-19-9-5-6-10-20(19)17-21)27-33(30,31)22-13-14-25(32-2)23(18-22)26(29)28-15-7-4-8-16-28/h11-14,17-18,24,27H,3-10,15-16H2,1-2H3/t24-/m1/s1. The van der Waals surface area contributed by atoms with Crippen LogP contribution in [0.5, 0.6) is 0 Å². The number of thioether (sulfide) groups is 1. The van der Waals surface area contributed by atoms with Crippen molar-refractivity contribution >= 4 is 27.7 Å². The van der Waals surface area contributed by atoms with Gasteiger partial charge in [-0.2, -0.15) is 0 Å². The van der Waals surface area contributed by atoms with Crippen LogP contribution in [0.25, 0.3) is 0 Å². The maximum Gasteiger partial charge on any atom is 0.255 e. The van der Waals surface area contributed by atoms with Crippen LogP contribution in [0.15, 0.2) is 46.2 Å². The Morgan fingerprint density at radius 2 is 1.73 bits per heavy atom. The largest absolute Gasteiger partial charge is 0.339 e. The summed E-state index contributed by atoms with van der Waals surface area (Å²) in [6.07, 6.45) is 10.3. The Hall–Kier alpha value is -1.83. The zero-order valence-electron chi connectivity index (χ0n) is 19.6. The molecule has 7 heteroatoms. The van der Waals surface area contributed by atoms with Gasteiger partial charge in [0.1, 0.15) is 0 Å². The SMILES string of the molecule is CC[C@@H](NS(=O)(=O)c1ccc(SC)c(C(=O)N2CCCCC2)c1)c1ccc2c(c1)CCCC2. The first-order valence-electron chi connectivity index (χ1n) is 12.0. The zero-order chi connectivity index (χ0) is 23.4. The average molecular weight is 487 g/mol. The van der Waals surface area contributed by atoms with Crippen molar-refractivity contribution in [1.82, 2.24) is 9.62 Å². The average Bonchev–Trinajstić information content (AvgIpc) is 2.86. The Bertz CT molecular complexity index is 1110. The van der Waals surface area contributed by atoms with E-state index < -0.39 is 10.0 Å². The fraction of sp³-hybridized carbons (Fsp3) is 0.500. The minimum absolute atomic E-state index is 0.0715. The number of rotatable bonds is 7. The molecule has 1 aliphatic heterocycles. The molecule has 0 aromatic heterocycles. The van der Waals surface area contributed by atoms with Gasteiger partial charge >= 0.3 is 0 Å². The number of carbonyl (C=O) groups excluding carboxylic acids is 1. The molecule has 0 bridgehead atoms. The highest BCUT2D eigenvalue weighted by Gasteiger charge is 2.26. The van der Waals surface area contributed by atoms with E-state index in [4.69, 9.17) is 0 Å². The van der Waals surface area contributed by atoms with Crippen LogP contribution in [0.2, 0.25) is 0 Å². The highest BCUT2D eigenvalue weighted by molar-refractivity contribution is 7.98. The van der Waals surface area contributed by atoms with Crippen molar-refractivity contribution in [2.45, 2.75) is 74.1 Å². The van der Waals surface area contributed by atoms with E-state index in [1.807, 2.05) is 18.1 Å². The number of hydrogen-bond donors (Lipinski definition) is 1. The monoisotopic (exact) mass is 486 g/mol. The van der Waals surface area contributed by atoms with Gasteiger partial charge in [-0.05, 0) is 92.5 Å². The number of likely N-dealkylation sites (tertiary alicyclic amines) is 1. The summed E-state index contributed by atoms with van der Waals surface area (Å²) in [7, 11) is -3.78. The van der Waals surface area contributed by atoms with Gasteiger partial charge in [0.05, 0.1) is 10.5 Å². The normalized spacial score (nSPS) is 17.5. The topological polar surface area (TPSA) is 66.5 Å². The third-order valence-electron chi connectivity index (χ3n) is 6.84. The van der Waals surface area contributed by atoms with Crippen molar-refractivity contribution in [2.24, 2.45) is 0 Å². The number of amides is 1. The van der Waals surface area contributed by atoms with E-state index in [-0.39, 0.29) is 16.8 Å². The van der Waals surface area contributed by atoms with Crippen molar-refractivity contribution in [2.75, 3.05) is 19.3 Å². The molecule has 1 N–H and O–H groups in total. The second-order valence-corrected chi connectivity index (χ2v) is 11.6. The smallest absolute Gasteiger partial charge is 0.255 e. The summed E-state index contributed by atoms with van der Waals surface area (Å²) in [6, 6.07) is 11.0. The Labute approximate surface area is 202 Å². The Kier molecular flexibility index (Phi) is 7.82. The predicted octanol–water partition coefficient (Wildman–Crippen LogP) is 5.34. The van der Waals surface area contributed by atoms with Crippen LogP contribution in [0.1, 0.15) is 78.5 Å². The number of nitrogens with one attached hydrogen (secondary N) is 1. The molecule has 2 aromatic rings. The molecular weight excluding hydrogens is 452 g/mol. The number of carbonyl (C=O) groups is 1. The van der Waals surface area contributed by atoms with Crippen molar-refractivity contribution in [3.05, 3.63) is 58.7 Å². The summed E-state index contributed by atoms with van der Waals surface area (Å²) in [4.78, 5) is 16.0. The summed E-state index contributed by atoms with van der Waals surface area (Å²) in [5.41, 5.74) is 4.22. The van der Waals surface area contributed by atoms with Gasteiger partial charge in [-0.15, -0.1) is 11.8 Å². The zero-order valence-corrected chi connectivity index (χ0v) is 21.2. The summed E-state index contributed by atoms with van der Waals surface area (Å²) in [6.45, 7) is 3.46. The maximum atomic E-state index is 13.4. The van der Waals surface area contributed by atoms with Gasteiger partial charge in [-0.1, -0.05) is 25.1 Å². The molecule has 2 aromatic carbocycles. The molecular formula is C26H34N2O3S2. The van der Waals surface area contributed by atoms with E-state index in [1.54, 1.807) is 18.2 Å². The van der Waals surface area contributed by atoms with Crippen LogP contribution in [0.4, 0.5) is 0 Å². The lowest BCUT2D eigenvalue weighted by molar-refractivity contribution is 0.0720. The first kappa shape index (κ1) is 24.3. The number of sulfonamides is 1. The number of fused-ring (bicyclic) bond motifs is 1. The fourth-order valence-electron chi connectivity index (χ4n) is 4.90. The van der Waals surface area contributed by atoms with Crippen molar-refractivity contribution in [3.63, 3.8) is 0 Å². The highest BCUT2D eigenvalue weighted by atomic mass is 32.2. The summed E-state index contributed by atoms with van der Waals surface area (Å²) in [5.74, 6) is -0.0715. The molecule has 1 aliphatic carbocycles. The van der Waals surface area contributed by atoms with E-state index in [9.17, 15) is 13.2 Å². The van der Waals surface area contributed by atoms with Crippen LogP contribution in [-0.2, 0) is 22.9 Å². The Morgan fingerprint density at radius 1 is 1.00 bits per heavy atom. The molecule has 4 rings (SSSR count). The van der Waals surface area contributed by atoms with Gasteiger partial charge in [-0.3, -0.25) is 4.79 Å². The maximum absolute atomic E-state index is 13.4. The van der Waals surface area contributed by atoms with Crippen molar-refractivity contribution < 1.29 is 13.2 Å². The quantitative estimate of drug-likeness (QED) is 0.536. The van der Waals surface area contributed by atoms with Crippen molar-refractivity contribution in [3.8, 4) is 0 Å². The van der Waals surface area contributed by atoms with Gasteiger partial charge in [0.2, 0.25) is 10.0 Å². The van der Waals surface area contributed by atoms with Crippen molar-refractivity contribution in [1.29, 1.82) is 0 Å². The Morgan fingerprint density at radius 3 is 2.42 bits per heavy atom. The number of nitrogens with zero attached hydrogens (tertiary/aromatic N) is 1.